The zero-order chi connectivity index (χ0) is 46.5. The van der Waals surface area contributed by atoms with Crippen molar-refractivity contribution < 1.29 is 20.1 Å². The smallest absolute Gasteiger partial charge is 0.249 e. The number of allylic oxidation sites excluding steroid dienone is 3. The van der Waals surface area contributed by atoms with Crippen LogP contribution in [-0.4, -0.2) is 46.1 Å². The molecule has 3 atom stereocenters. The standard InChI is InChI=1S/C59H115NO4/c1-3-5-7-9-11-13-15-17-19-21-23-25-26-27-28-29-30-31-32-33-34-36-38-40-42-44-46-48-50-52-54-58(63)59(64)60-56(55-61)57(62)53-51-49-47-45-43-41-39-37-35-24-22-20-18-16-14-12-10-8-6-4-2/h27-28,51,53,56-58,61-63H,3-26,29-50,52,54-55H2,1-2H3,(H,60,64)/b28-27-,53-51+. The lowest BCUT2D eigenvalue weighted by molar-refractivity contribution is -0.131. The first-order valence-electron chi connectivity index (χ1n) is 29.2. The maximum absolute atomic E-state index is 12.6. The topological polar surface area (TPSA) is 89.8 Å². The monoisotopic (exact) mass is 902 g/mol. The van der Waals surface area contributed by atoms with Gasteiger partial charge < -0.3 is 20.6 Å². The van der Waals surface area contributed by atoms with Crippen LogP contribution in [0.25, 0.3) is 0 Å². The Balaban J connectivity index is 3.53. The Labute approximate surface area is 401 Å². The molecule has 380 valence electrons. The predicted octanol–water partition coefficient (Wildman–Crippen LogP) is 18.1. The highest BCUT2D eigenvalue weighted by Gasteiger charge is 2.22. The number of carbonyl (C=O) groups is 1. The van der Waals surface area contributed by atoms with Gasteiger partial charge in [0, 0.05) is 0 Å². The molecule has 0 bridgehead atoms. The molecule has 0 saturated heterocycles. The number of amides is 1. The molecule has 0 rings (SSSR count). The van der Waals surface area contributed by atoms with E-state index in [2.05, 4.69) is 31.3 Å². The largest absolute Gasteiger partial charge is 0.394 e. The van der Waals surface area contributed by atoms with Crippen LogP contribution in [0.1, 0.15) is 322 Å². The number of carbonyl (C=O) groups excluding carboxylic acids is 1. The molecule has 5 heteroatoms. The molecule has 5 nitrogen and oxygen atoms in total. The Bertz CT molecular complexity index is 951. The van der Waals surface area contributed by atoms with E-state index < -0.39 is 24.2 Å². The van der Waals surface area contributed by atoms with Gasteiger partial charge in [-0.15, -0.1) is 0 Å². The van der Waals surface area contributed by atoms with E-state index >= 15 is 0 Å². The molecule has 3 unspecified atom stereocenters. The van der Waals surface area contributed by atoms with Gasteiger partial charge in [-0.2, -0.15) is 0 Å². The second-order valence-corrected chi connectivity index (χ2v) is 20.2. The highest BCUT2D eigenvalue weighted by atomic mass is 16.3. The number of aliphatic hydroxyl groups excluding tert-OH is 3. The Hall–Kier alpha value is -1.17. The molecular formula is C59H115NO4. The van der Waals surface area contributed by atoms with Gasteiger partial charge in [-0.25, -0.2) is 0 Å². The molecule has 0 aromatic rings. The van der Waals surface area contributed by atoms with Crippen LogP contribution in [0.3, 0.4) is 0 Å². The second kappa shape index (κ2) is 54.4. The summed E-state index contributed by atoms with van der Waals surface area (Å²) in [6.45, 7) is 4.22. The minimum atomic E-state index is -1.10. The van der Waals surface area contributed by atoms with Crippen molar-refractivity contribution >= 4 is 5.91 Å². The molecule has 0 aliphatic carbocycles. The van der Waals surface area contributed by atoms with Crippen LogP contribution in [0.15, 0.2) is 24.3 Å². The molecule has 0 aliphatic rings. The van der Waals surface area contributed by atoms with Crippen molar-refractivity contribution in [1.29, 1.82) is 0 Å². The number of hydrogen-bond acceptors (Lipinski definition) is 4. The summed E-state index contributed by atoms with van der Waals surface area (Å²) in [6, 6.07) is -0.796. The Morgan fingerprint density at radius 2 is 0.625 bits per heavy atom. The summed E-state index contributed by atoms with van der Waals surface area (Å²) < 4.78 is 0. The summed E-state index contributed by atoms with van der Waals surface area (Å²) in [5.41, 5.74) is 0. The lowest BCUT2D eigenvalue weighted by atomic mass is 10.0. The molecule has 0 heterocycles. The van der Waals surface area contributed by atoms with Gasteiger partial charge in [-0.1, -0.05) is 301 Å². The van der Waals surface area contributed by atoms with Crippen LogP contribution in [0.5, 0.6) is 0 Å². The molecule has 0 aromatic carbocycles. The second-order valence-electron chi connectivity index (χ2n) is 20.2. The average molecular weight is 903 g/mol. The third kappa shape index (κ3) is 48.8. The number of aliphatic hydroxyl groups is 3. The van der Waals surface area contributed by atoms with Crippen molar-refractivity contribution in [1.82, 2.24) is 5.32 Å². The van der Waals surface area contributed by atoms with E-state index in [1.54, 1.807) is 6.08 Å². The van der Waals surface area contributed by atoms with E-state index in [0.717, 1.165) is 32.1 Å². The fraction of sp³-hybridized carbons (Fsp3) is 0.915. The lowest BCUT2D eigenvalue weighted by Crippen LogP contribution is -2.48. The fourth-order valence-corrected chi connectivity index (χ4v) is 9.24. The van der Waals surface area contributed by atoms with Gasteiger partial charge in [0.05, 0.1) is 18.8 Å². The van der Waals surface area contributed by atoms with Crippen molar-refractivity contribution in [2.45, 2.75) is 340 Å². The first-order chi connectivity index (χ1) is 31.6. The summed E-state index contributed by atoms with van der Waals surface area (Å²) in [5, 5.41) is 33.4. The van der Waals surface area contributed by atoms with Crippen molar-refractivity contribution in [3.05, 3.63) is 24.3 Å². The molecule has 4 N–H and O–H groups in total. The number of rotatable bonds is 54. The van der Waals surface area contributed by atoms with E-state index in [0.29, 0.717) is 6.42 Å². The zero-order valence-electron chi connectivity index (χ0n) is 43.4. The van der Waals surface area contributed by atoms with Gasteiger partial charge in [-0.05, 0) is 44.9 Å². The molecule has 0 spiro atoms. The fourth-order valence-electron chi connectivity index (χ4n) is 9.24. The minimum absolute atomic E-state index is 0.360. The molecule has 0 aromatic heterocycles. The van der Waals surface area contributed by atoms with Crippen molar-refractivity contribution in [2.75, 3.05) is 6.61 Å². The Kier molecular flexibility index (Phi) is 53.4. The van der Waals surface area contributed by atoms with Crippen LogP contribution in [0.2, 0.25) is 0 Å². The van der Waals surface area contributed by atoms with Gasteiger partial charge in [0.1, 0.15) is 6.10 Å². The third-order valence-electron chi connectivity index (χ3n) is 13.8. The SMILES string of the molecule is CCCCCCCCCCCCCC/C=C\CCCCCCCCCCCCCCCCC(O)C(=O)NC(CO)C(O)/C=C/CCCCCCCCCCCCCCCCCCCC. The summed E-state index contributed by atoms with van der Waals surface area (Å²) in [4.78, 5) is 12.6. The van der Waals surface area contributed by atoms with Gasteiger partial charge in [0.25, 0.3) is 0 Å². The zero-order valence-corrected chi connectivity index (χ0v) is 43.4. The summed E-state index contributed by atoms with van der Waals surface area (Å²) in [7, 11) is 0. The normalized spacial score (nSPS) is 13.4. The van der Waals surface area contributed by atoms with Gasteiger partial charge in [-0.3, -0.25) is 4.79 Å². The number of nitrogens with one attached hydrogen (secondary N) is 1. The Morgan fingerprint density at radius 3 is 0.906 bits per heavy atom. The van der Waals surface area contributed by atoms with Crippen LogP contribution in [0, 0.1) is 0 Å². The first kappa shape index (κ1) is 62.8. The highest BCUT2D eigenvalue weighted by molar-refractivity contribution is 5.80. The first-order valence-corrected chi connectivity index (χ1v) is 29.2. The molecule has 0 saturated carbocycles. The minimum Gasteiger partial charge on any atom is -0.394 e. The third-order valence-corrected chi connectivity index (χ3v) is 13.8. The summed E-state index contributed by atoms with van der Waals surface area (Å²) in [6.07, 6.45) is 69.8. The molecule has 1 amide bonds. The predicted molar refractivity (Wildman–Crippen MR) is 282 cm³/mol. The van der Waals surface area contributed by atoms with Crippen molar-refractivity contribution in [3.63, 3.8) is 0 Å². The quantitative estimate of drug-likeness (QED) is 0.0362. The van der Waals surface area contributed by atoms with E-state index in [9.17, 15) is 20.1 Å². The number of hydrogen-bond donors (Lipinski definition) is 4. The lowest BCUT2D eigenvalue weighted by Gasteiger charge is -2.21. The van der Waals surface area contributed by atoms with E-state index in [1.807, 2.05) is 6.08 Å². The van der Waals surface area contributed by atoms with E-state index in [4.69, 9.17) is 0 Å². The molecule has 0 fully saturated rings. The van der Waals surface area contributed by atoms with Gasteiger partial charge in [0.15, 0.2) is 0 Å². The maximum Gasteiger partial charge on any atom is 0.249 e. The Morgan fingerprint density at radius 1 is 0.375 bits per heavy atom. The van der Waals surface area contributed by atoms with E-state index in [1.165, 1.54) is 270 Å². The van der Waals surface area contributed by atoms with Crippen molar-refractivity contribution in [2.24, 2.45) is 0 Å². The van der Waals surface area contributed by atoms with Gasteiger partial charge in [0.2, 0.25) is 5.91 Å². The highest BCUT2D eigenvalue weighted by Crippen LogP contribution is 2.18. The maximum atomic E-state index is 12.6. The molecule has 0 aliphatic heterocycles. The summed E-state index contributed by atoms with van der Waals surface area (Å²) in [5.74, 6) is -0.498. The average Bonchev–Trinajstić information content (AvgIpc) is 3.30. The summed E-state index contributed by atoms with van der Waals surface area (Å²) >= 11 is 0. The molecular weight excluding hydrogens is 787 g/mol. The molecule has 0 radical (unpaired) electrons. The van der Waals surface area contributed by atoms with Crippen LogP contribution in [0.4, 0.5) is 0 Å². The van der Waals surface area contributed by atoms with Crippen LogP contribution in [-0.2, 0) is 4.79 Å². The van der Waals surface area contributed by atoms with Crippen LogP contribution < -0.4 is 5.32 Å². The molecule has 64 heavy (non-hydrogen) atoms. The van der Waals surface area contributed by atoms with Crippen LogP contribution >= 0.6 is 0 Å². The number of unbranched alkanes of at least 4 members (excludes halogenated alkanes) is 44. The van der Waals surface area contributed by atoms with E-state index in [-0.39, 0.29) is 6.61 Å². The van der Waals surface area contributed by atoms with Gasteiger partial charge >= 0.3 is 0 Å². The van der Waals surface area contributed by atoms with Crippen molar-refractivity contribution in [3.8, 4) is 0 Å².